The minimum atomic E-state index is -0.575. The molecule has 0 atom stereocenters. The van der Waals surface area contributed by atoms with Crippen LogP contribution < -0.4 is 16.4 Å². The lowest BCUT2D eigenvalue weighted by Crippen LogP contribution is -2.28. The summed E-state index contributed by atoms with van der Waals surface area (Å²) in [4.78, 5) is 11.1. The molecule has 6 nitrogen and oxygen atoms in total. The lowest BCUT2D eigenvalue weighted by atomic mass is 10.3. The average molecular weight is 241 g/mol. The maximum Gasteiger partial charge on any atom is 0.271 e. The number of hydrogen-bond acceptors (Lipinski definition) is 3. The number of nitrogens with zero attached hydrogens (tertiary/aromatic N) is 2. The summed E-state index contributed by atoms with van der Waals surface area (Å²) in [6.07, 6.45) is 1.70. The lowest BCUT2D eigenvalue weighted by molar-refractivity contribution is 0.0995. The van der Waals surface area contributed by atoms with Gasteiger partial charge in [-0.15, -0.1) is 0 Å². The summed E-state index contributed by atoms with van der Waals surface area (Å²) in [5.41, 5.74) is 5.94. The van der Waals surface area contributed by atoms with Gasteiger partial charge < -0.3 is 16.4 Å². The van der Waals surface area contributed by atoms with Crippen LogP contribution in [-0.2, 0) is 6.54 Å². The van der Waals surface area contributed by atoms with Crippen molar-refractivity contribution >= 4 is 28.9 Å². The average Bonchev–Trinajstić information content (AvgIpc) is 2.61. The van der Waals surface area contributed by atoms with Gasteiger partial charge in [0.2, 0.25) is 0 Å². The van der Waals surface area contributed by atoms with Crippen LogP contribution in [0, 0.1) is 0 Å². The minimum Gasteiger partial charge on any atom is -0.364 e. The molecule has 88 valence electrons. The number of rotatable bonds is 4. The van der Waals surface area contributed by atoms with Crippen molar-refractivity contribution in [1.29, 1.82) is 0 Å². The molecule has 1 aromatic rings. The van der Waals surface area contributed by atoms with Gasteiger partial charge in [-0.25, -0.2) is 0 Å². The maximum atomic E-state index is 11.1. The van der Waals surface area contributed by atoms with E-state index < -0.39 is 5.91 Å². The van der Waals surface area contributed by atoms with Gasteiger partial charge in [0.15, 0.2) is 10.8 Å². The second-order valence-corrected chi connectivity index (χ2v) is 3.50. The van der Waals surface area contributed by atoms with Gasteiger partial charge in [-0.2, -0.15) is 5.10 Å². The molecule has 0 aromatic carbocycles. The highest BCUT2D eigenvalue weighted by Crippen LogP contribution is 2.12. The van der Waals surface area contributed by atoms with Crippen molar-refractivity contribution in [3.8, 4) is 0 Å². The van der Waals surface area contributed by atoms with E-state index in [9.17, 15) is 4.79 Å². The molecular formula is C9H15N5OS. The first-order chi connectivity index (χ1) is 7.58. The molecule has 0 aliphatic heterocycles. The van der Waals surface area contributed by atoms with Crippen LogP contribution in [0.4, 0.5) is 5.69 Å². The predicted octanol–water partition coefficient (Wildman–Crippen LogP) is 0.308. The number of carbonyl (C=O) groups excluding carboxylic acids is 1. The fraction of sp³-hybridized carbons (Fsp3) is 0.444. The first-order valence-electron chi connectivity index (χ1n) is 5.00. The van der Waals surface area contributed by atoms with Crippen LogP contribution in [-0.4, -0.2) is 27.3 Å². The lowest BCUT2D eigenvalue weighted by Gasteiger charge is -2.06. The number of nitrogens with one attached hydrogen (secondary N) is 2. The van der Waals surface area contributed by atoms with Crippen LogP contribution in [0.3, 0.4) is 0 Å². The summed E-state index contributed by atoms with van der Waals surface area (Å²) < 4.78 is 1.62. The molecule has 0 radical (unpaired) electrons. The second kappa shape index (κ2) is 5.45. The Labute approximate surface area is 99.2 Å². The normalized spacial score (nSPS) is 9.88. The largest absolute Gasteiger partial charge is 0.364 e. The number of carbonyl (C=O) groups is 1. The van der Waals surface area contributed by atoms with Gasteiger partial charge in [0, 0.05) is 19.3 Å². The van der Waals surface area contributed by atoms with Crippen LogP contribution >= 0.6 is 12.2 Å². The van der Waals surface area contributed by atoms with Crippen molar-refractivity contribution in [3.63, 3.8) is 0 Å². The summed E-state index contributed by atoms with van der Waals surface area (Å²) in [7, 11) is 0. The Morgan fingerprint density at radius 2 is 2.31 bits per heavy atom. The maximum absolute atomic E-state index is 11.1. The minimum absolute atomic E-state index is 0.196. The summed E-state index contributed by atoms with van der Waals surface area (Å²) in [5, 5.41) is 10.3. The predicted molar refractivity (Wildman–Crippen MR) is 66.3 cm³/mol. The number of thiocarbonyl (C=S) groups is 1. The molecule has 0 saturated heterocycles. The summed E-state index contributed by atoms with van der Waals surface area (Å²) in [5.74, 6) is -0.575. The number of anilines is 1. The molecule has 0 aliphatic rings. The Morgan fingerprint density at radius 1 is 1.62 bits per heavy atom. The molecular weight excluding hydrogens is 226 g/mol. The van der Waals surface area contributed by atoms with Crippen molar-refractivity contribution in [3.05, 3.63) is 11.9 Å². The van der Waals surface area contributed by atoms with Gasteiger partial charge in [-0.3, -0.25) is 9.48 Å². The van der Waals surface area contributed by atoms with E-state index in [2.05, 4.69) is 15.7 Å². The smallest absolute Gasteiger partial charge is 0.271 e. The molecule has 0 aliphatic carbocycles. The van der Waals surface area contributed by atoms with Gasteiger partial charge in [-0.05, 0) is 26.1 Å². The Hall–Kier alpha value is -1.63. The quantitative estimate of drug-likeness (QED) is 0.661. The molecule has 7 heteroatoms. The molecule has 1 aromatic heterocycles. The molecule has 0 fully saturated rings. The first kappa shape index (κ1) is 12.4. The standard InChI is InChI=1S/C9H15N5OS/c1-3-11-9(16)12-6-5-14(4-2)13-7(6)8(10)15/h5H,3-4H2,1-2H3,(H2,10,15)(H2,11,12,16). The zero-order valence-electron chi connectivity index (χ0n) is 9.28. The van der Waals surface area contributed by atoms with E-state index in [0.29, 0.717) is 23.9 Å². The topological polar surface area (TPSA) is 85.0 Å². The summed E-state index contributed by atoms with van der Waals surface area (Å²) in [6.45, 7) is 5.22. The van der Waals surface area contributed by atoms with Crippen molar-refractivity contribution in [2.75, 3.05) is 11.9 Å². The van der Waals surface area contributed by atoms with Crippen molar-refractivity contribution in [2.24, 2.45) is 5.73 Å². The van der Waals surface area contributed by atoms with Gasteiger partial charge in [-0.1, -0.05) is 0 Å². The Balaban J connectivity index is 2.89. The molecule has 0 saturated carbocycles. The summed E-state index contributed by atoms with van der Waals surface area (Å²) >= 11 is 5.02. The summed E-state index contributed by atoms with van der Waals surface area (Å²) in [6, 6.07) is 0. The molecule has 4 N–H and O–H groups in total. The van der Waals surface area contributed by atoms with Crippen LogP contribution in [0.2, 0.25) is 0 Å². The monoisotopic (exact) mass is 241 g/mol. The number of aromatic nitrogens is 2. The van der Waals surface area contributed by atoms with E-state index in [0.717, 1.165) is 0 Å². The number of amides is 1. The van der Waals surface area contributed by atoms with Gasteiger partial charge in [0.25, 0.3) is 5.91 Å². The SMILES string of the molecule is CCNC(=S)Nc1cn(CC)nc1C(N)=O. The van der Waals surface area contributed by atoms with Crippen molar-refractivity contribution in [2.45, 2.75) is 20.4 Å². The molecule has 0 bridgehead atoms. The highest BCUT2D eigenvalue weighted by Gasteiger charge is 2.14. The van der Waals surface area contributed by atoms with Crippen LogP contribution in [0.15, 0.2) is 6.20 Å². The van der Waals surface area contributed by atoms with Gasteiger partial charge >= 0.3 is 0 Å². The molecule has 0 spiro atoms. The number of hydrogen-bond donors (Lipinski definition) is 3. The highest BCUT2D eigenvalue weighted by molar-refractivity contribution is 7.80. The van der Waals surface area contributed by atoms with E-state index in [1.54, 1.807) is 10.9 Å². The van der Waals surface area contributed by atoms with E-state index in [1.165, 1.54) is 0 Å². The first-order valence-corrected chi connectivity index (χ1v) is 5.41. The molecule has 16 heavy (non-hydrogen) atoms. The fourth-order valence-corrected chi connectivity index (χ4v) is 1.44. The Kier molecular flexibility index (Phi) is 4.24. The van der Waals surface area contributed by atoms with E-state index in [1.807, 2.05) is 13.8 Å². The molecule has 1 amide bonds. The number of nitrogens with two attached hydrogens (primary N) is 1. The van der Waals surface area contributed by atoms with Crippen molar-refractivity contribution < 1.29 is 4.79 Å². The highest BCUT2D eigenvalue weighted by atomic mass is 32.1. The Bertz CT molecular complexity index is 401. The number of primary amides is 1. The number of aryl methyl sites for hydroxylation is 1. The van der Waals surface area contributed by atoms with Crippen LogP contribution in [0.25, 0.3) is 0 Å². The zero-order chi connectivity index (χ0) is 12.1. The van der Waals surface area contributed by atoms with Crippen LogP contribution in [0.5, 0.6) is 0 Å². The third-order valence-electron chi connectivity index (χ3n) is 1.90. The Morgan fingerprint density at radius 3 is 2.81 bits per heavy atom. The van der Waals surface area contributed by atoms with E-state index in [-0.39, 0.29) is 5.69 Å². The van der Waals surface area contributed by atoms with E-state index >= 15 is 0 Å². The third kappa shape index (κ3) is 2.93. The molecule has 0 unspecified atom stereocenters. The van der Waals surface area contributed by atoms with Gasteiger partial charge in [0.1, 0.15) is 0 Å². The zero-order valence-corrected chi connectivity index (χ0v) is 10.1. The van der Waals surface area contributed by atoms with Gasteiger partial charge in [0.05, 0.1) is 5.69 Å². The van der Waals surface area contributed by atoms with Crippen LogP contribution in [0.1, 0.15) is 24.3 Å². The van der Waals surface area contributed by atoms with Crippen molar-refractivity contribution in [1.82, 2.24) is 15.1 Å². The molecule has 1 rings (SSSR count). The third-order valence-corrected chi connectivity index (χ3v) is 2.15. The second-order valence-electron chi connectivity index (χ2n) is 3.10. The molecule has 1 heterocycles. The van der Waals surface area contributed by atoms with E-state index in [4.69, 9.17) is 18.0 Å². The fourth-order valence-electron chi connectivity index (χ4n) is 1.18.